The zero-order valence-corrected chi connectivity index (χ0v) is 11.0. The van der Waals surface area contributed by atoms with Crippen molar-refractivity contribution in [2.24, 2.45) is 0 Å². The molecule has 0 fully saturated rings. The molecule has 5 heteroatoms. The van der Waals surface area contributed by atoms with Crippen LogP contribution in [0, 0.1) is 0 Å². The van der Waals surface area contributed by atoms with Crippen molar-refractivity contribution < 1.29 is 9.53 Å². The predicted octanol–water partition coefficient (Wildman–Crippen LogP) is 1.67. The van der Waals surface area contributed by atoms with Gasteiger partial charge in [-0.3, -0.25) is 4.79 Å². The Hall–Kier alpha value is -1.62. The molecular formula is C13H21N3O2. The van der Waals surface area contributed by atoms with Gasteiger partial charge in [0.25, 0.3) is 5.91 Å². The van der Waals surface area contributed by atoms with Crippen LogP contribution in [0.2, 0.25) is 0 Å². The molecule has 18 heavy (non-hydrogen) atoms. The summed E-state index contributed by atoms with van der Waals surface area (Å²) >= 11 is 0. The van der Waals surface area contributed by atoms with Crippen LogP contribution < -0.4 is 10.6 Å². The van der Waals surface area contributed by atoms with Crippen molar-refractivity contribution in [1.82, 2.24) is 10.3 Å². The largest absolute Gasteiger partial charge is 0.385 e. The quantitative estimate of drug-likeness (QED) is 0.690. The number of hydrogen-bond acceptors (Lipinski definition) is 4. The van der Waals surface area contributed by atoms with Crippen LogP contribution in [0.15, 0.2) is 18.3 Å². The highest BCUT2D eigenvalue weighted by Crippen LogP contribution is 2.10. The molecule has 2 N–H and O–H groups in total. The fourth-order valence-corrected chi connectivity index (χ4v) is 1.57. The van der Waals surface area contributed by atoms with Crippen LogP contribution in [0.25, 0.3) is 0 Å². The van der Waals surface area contributed by atoms with Gasteiger partial charge in [-0.25, -0.2) is 4.98 Å². The number of nitrogens with zero attached hydrogens (tertiary/aromatic N) is 1. The fourth-order valence-electron chi connectivity index (χ4n) is 1.57. The monoisotopic (exact) mass is 251 g/mol. The third kappa shape index (κ3) is 4.71. The predicted molar refractivity (Wildman–Crippen MR) is 71.8 cm³/mol. The van der Waals surface area contributed by atoms with Gasteiger partial charge in [0, 0.05) is 33.0 Å². The normalized spacial score (nSPS) is 10.1. The Bertz CT molecular complexity index is 369. The summed E-state index contributed by atoms with van der Waals surface area (Å²) < 4.78 is 4.95. The molecule has 0 spiro atoms. The van der Waals surface area contributed by atoms with Gasteiger partial charge in [0.2, 0.25) is 0 Å². The Labute approximate surface area is 108 Å². The summed E-state index contributed by atoms with van der Waals surface area (Å²) in [6, 6.07) is 3.54. The van der Waals surface area contributed by atoms with Gasteiger partial charge in [0.15, 0.2) is 0 Å². The first-order chi connectivity index (χ1) is 8.79. The molecule has 5 nitrogen and oxygen atoms in total. The van der Waals surface area contributed by atoms with Crippen molar-refractivity contribution in [1.29, 1.82) is 0 Å². The van der Waals surface area contributed by atoms with Gasteiger partial charge in [-0.05, 0) is 31.9 Å². The zero-order valence-electron chi connectivity index (χ0n) is 11.0. The maximum atomic E-state index is 12.0. The molecule has 0 saturated heterocycles. The van der Waals surface area contributed by atoms with Crippen molar-refractivity contribution in [3.8, 4) is 0 Å². The van der Waals surface area contributed by atoms with Crippen LogP contribution in [0.3, 0.4) is 0 Å². The molecule has 1 rings (SSSR count). The second kappa shape index (κ2) is 8.47. The van der Waals surface area contributed by atoms with E-state index in [1.807, 2.05) is 6.92 Å². The summed E-state index contributed by atoms with van der Waals surface area (Å²) in [6.07, 6.45) is 3.54. The number of ether oxygens (including phenoxy) is 1. The maximum Gasteiger partial charge on any atom is 0.255 e. The second-order valence-electron chi connectivity index (χ2n) is 3.89. The Morgan fingerprint density at radius 2 is 2.28 bits per heavy atom. The minimum atomic E-state index is -0.0866. The zero-order chi connectivity index (χ0) is 13.2. The van der Waals surface area contributed by atoms with Gasteiger partial charge in [-0.1, -0.05) is 0 Å². The minimum absolute atomic E-state index is 0.0866. The number of unbranched alkanes of at least 4 members (excludes halogenated alkanes) is 1. The van der Waals surface area contributed by atoms with Gasteiger partial charge in [-0.15, -0.1) is 0 Å². The number of carbonyl (C=O) groups is 1. The number of amides is 1. The molecule has 1 heterocycles. The summed E-state index contributed by atoms with van der Waals surface area (Å²) in [5.41, 5.74) is 0.589. The number of methoxy groups -OCH3 is 1. The van der Waals surface area contributed by atoms with Gasteiger partial charge in [-0.2, -0.15) is 0 Å². The van der Waals surface area contributed by atoms with E-state index in [1.165, 1.54) is 0 Å². The number of nitrogens with one attached hydrogen (secondary N) is 2. The molecular weight excluding hydrogens is 230 g/mol. The molecule has 0 saturated carbocycles. The highest BCUT2D eigenvalue weighted by atomic mass is 16.5. The summed E-state index contributed by atoms with van der Waals surface area (Å²) in [4.78, 5) is 16.1. The Morgan fingerprint density at radius 3 is 3.00 bits per heavy atom. The second-order valence-corrected chi connectivity index (χ2v) is 3.89. The molecule has 0 aliphatic carbocycles. The first-order valence-electron chi connectivity index (χ1n) is 6.25. The van der Waals surface area contributed by atoms with Crippen molar-refractivity contribution in [2.75, 3.05) is 32.1 Å². The molecule has 0 radical (unpaired) electrons. The van der Waals surface area contributed by atoms with Crippen molar-refractivity contribution in [2.45, 2.75) is 19.8 Å². The average Bonchev–Trinajstić information content (AvgIpc) is 2.39. The van der Waals surface area contributed by atoms with Gasteiger partial charge in [0.1, 0.15) is 5.82 Å². The molecule has 0 atom stereocenters. The Kier molecular flexibility index (Phi) is 6.79. The van der Waals surface area contributed by atoms with Gasteiger partial charge < -0.3 is 15.4 Å². The SMILES string of the molecule is CCNc1ncccc1C(=O)NCCCCOC. The van der Waals surface area contributed by atoms with E-state index in [9.17, 15) is 4.79 Å². The van der Waals surface area contributed by atoms with E-state index in [0.29, 0.717) is 17.9 Å². The van der Waals surface area contributed by atoms with Crippen molar-refractivity contribution in [3.05, 3.63) is 23.9 Å². The van der Waals surface area contributed by atoms with E-state index < -0.39 is 0 Å². The average molecular weight is 251 g/mol. The topological polar surface area (TPSA) is 63.2 Å². The van der Waals surface area contributed by atoms with E-state index >= 15 is 0 Å². The molecule has 0 bridgehead atoms. The first-order valence-corrected chi connectivity index (χ1v) is 6.25. The highest BCUT2D eigenvalue weighted by Gasteiger charge is 2.10. The third-order valence-corrected chi connectivity index (χ3v) is 2.46. The molecule has 1 aromatic rings. The van der Waals surface area contributed by atoms with Gasteiger partial charge in [0.05, 0.1) is 5.56 Å². The van der Waals surface area contributed by atoms with Crippen LogP contribution in [0.5, 0.6) is 0 Å². The minimum Gasteiger partial charge on any atom is -0.385 e. The van der Waals surface area contributed by atoms with Crippen LogP contribution in [0.4, 0.5) is 5.82 Å². The molecule has 0 aliphatic heterocycles. The highest BCUT2D eigenvalue weighted by molar-refractivity contribution is 5.98. The maximum absolute atomic E-state index is 12.0. The van der Waals surface area contributed by atoms with Crippen molar-refractivity contribution in [3.63, 3.8) is 0 Å². The van der Waals surface area contributed by atoms with Crippen LogP contribution in [-0.4, -0.2) is 37.7 Å². The number of hydrogen-bond donors (Lipinski definition) is 2. The molecule has 0 unspecified atom stereocenters. The van der Waals surface area contributed by atoms with E-state index in [0.717, 1.165) is 26.0 Å². The molecule has 1 aromatic heterocycles. The van der Waals surface area contributed by atoms with Gasteiger partial charge >= 0.3 is 0 Å². The number of aromatic nitrogens is 1. The smallest absolute Gasteiger partial charge is 0.255 e. The summed E-state index contributed by atoms with van der Waals surface area (Å²) in [6.45, 7) is 4.10. The van der Waals surface area contributed by atoms with Crippen LogP contribution in [0.1, 0.15) is 30.1 Å². The lowest BCUT2D eigenvalue weighted by Crippen LogP contribution is -2.26. The summed E-state index contributed by atoms with van der Waals surface area (Å²) in [5.74, 6) is 0.547. The Morgan fingerprint density at radius 1 is 1.44 bits per heavy atom. The standard InChI is InChI=1S/C13H21N3O2/c1-3-14-12-11(7-6-9-15-12)13(17)16-8-4-5-10-18-2/h6-7,9H,3-5,8,10H2,1-2H3,(H,14,15)(H,16,17). The number of anilines is 1. The lowest BCUT2D eigenvalue weighted by atomic mass is 10.2. The molecule has 0 aromatic carbocycles. The molecule has 1 amide bonds. The summed E-state index contributed by atoms with van der Waals surface area (Å²) in [7, 11) is 1.68. The fraction of sp³-hybridized carbons (Fsp3) is 0.538. The van der Waals surface area contributed by atoms with E-state index in [2.05, 4.69) is 15.6 Å². The first kappa shape index (κ1) is 14.4. The van der Waals surface area contributed by atoms with E-state index in [1.54, 1.807) is 25.4 Å². The molecule has 100 valence electrons. The lowest BCUT2D eigenvalue weighted by Gasteiger charge is -2.09. The third-order valence-electron chi connectivity index (χ3n) is 2.46. The lowest BCUT2D eigenvalue weighted by molar-refractivity contribution is 0.0952. The Balaban J connectivity index is 2.45. The summed E-state index contributed by atoms with van der Waals surface area (Å²) in [5, 5.41) is 5.96. The number of pyridine rings is 1. The van der Waals surface area contributed by atoms with E-state index in [-0.39, 0.29) is 5.91 Å². The van der Waals surface area contributed by atoms with Crippen molar-refractivity contribution >= 4 is 11.7 Å². The molecule has 0 aliphatic rings. The van der Waals surface area contributed by atoms with Crippen LogP contribution in [-0.2, 0) is 4.74 Å². The number of rotatable bonds is 8. The van der Waals surface area contributed by atoms with E-state index in [4.69, 9.17) is 4.74 Å². The van der Waals surface area contributed by atoms with Crippen LogP contribution >= 0.6 is 0 Å². The number of carbonyl (C=O) groups excluding carboxylic acids is 1.